The van der Waals surface area contributed by atoms with E-state index < -0.39 is 0 Å². The summed E-state index contributed by atoms with van der Waals surface area (Å²) < 4.78 is 5.58. The molecule has 2 aromatic rings. The second-order valence-corrected chi connectivity index (χ2v) is 7.83. The number of benzene rings is 2. The molecule has 6 nitrogen and oxygen atoms in total. The van der Waals surface area contributed by atoms with E-state index in [4.69, 9.17) is 4.74 Å². The van der Waals surface area contributed by atoms with Gasteiger partial charge in [0.25, 0.3) is 0 Å². The zero-order valence-corrected chi connectivity index (χ0v) is 17.6. The van der Waals surface area contributed by atoms with E-state index in [0.717, 1.165) is 50.7 Å². The number of rotatable bonds is 7. The summed E-state index contributed by atoms with van der Waals surface area (Å²) in [5.74, 6) is 2.07. The Labute approximate surface area is 178 Å². The average Bonchev–Trinajstić information content (AvgIpc) is 3.40. The maximum atomic E-state index is 12.0. The van der Waals surface area contributed by atoms with Gasteiger partial charge in [-0.2, -0.15) is 0 Å². The van der Waals surface area contributed by atoms with Crippen molar-refractivity contribution < 1.29 is 9.53 Å². The smallest absolute Gasteiger partial charge is 0.222 e. The first kappa shape index (κ1) is 20.3. The summed E-state index contributed by atoms with van der Waals surface area (Å²) >= 11 is 0. The summed E-state index contributed by atoms with van der Waals surface area (Å²) in [7, 11) is 1.79. The van der Waals surface area contributed by atoms with Crippen LogP contribution >= 0.6 is 0 Å². The zero-order chi connectivity index (χ0) is 20.8. The van der Waals surface area contributed by atoms with E-state index in [1.54, 1.807) is 7.05 Å². The van der Waals surface area contributed by atoms with Crippen LogP contribution in [-0.4, -0.2) is 43.5 Å². The van der Waals surface area contributed by atoms with Gasteiger partial charge in [-0.3, -0.25) is 9.79 Å². The first-order valence-corrected chi connectivity index (χ1v) is 10.8. The van der Waals surface area contributed by atoms with Gasteiger partial charge in [-0.25, -0.2) is 0 Å². The lowest BCUT2D eigenvalue weighted by Crippen LogP contribution is -2.38. The van der Waals surface area contributed by atoms with Crippen molar-refractivity contribution in [1.82, 2.24) is 15.5 Å². The van der Waals surface area contributed by atoms with Crippen LogP contribution in [0.3, 0.4) is 0 Å². The minimum absolute atomic E-state index is 0.258. The summed E-state index contributed by atoms with van der Waals surface area (Å²) in [5, 5.41) is 6.80. The molecule has 2 aliphatic heterocycles. The molecule has 0 atom stereocenters. The van der Waals surface area contributed by atoms with Gasteiger partial charge in [-0.15, -0.1) is 0 Å². The van der Waals surface area contributed by atoms with Gasteiger partial charge in [-0.05, 0) is 41.2 Å². The molecule has 0 spiro atoms. The predicted octanol–water partition coefficient (Wildman–Crippen LogP) is 2.65. The first-order chi connectivity index (χ1) is 14.7. The summed E-state index contributed by atoms with van der Waals surface area (Å²) in [6.07, 6.45) is 3.57. The van der Waals surface area contributed by atoms with E-state index >= 15 is 0 Å². The summed E-state index contributed by atoms with van der Waals surface area (Å²) in [5.41, 5.74) is 5.00. The highest BCUT2D eigenvalue weighted by Crippen LogP contribution is 2.25. The van der Waals surface area contributed by atoms with Gasteiger partial charge in [-0.1, -0.05) is 36.4 Å². The van der Waals surface area contributed by atoms with Crippen LogP contribution in [0, 0.1) is 0 Å². The Kier molecular flexibility index (Phi) is 6.52. The van der Waals surface area contributed by atoms with E-state index in [1.807, 2.05) is 17.0 Å². The SMILES string of the molecule is CN=C(NCCc1ccc2c(c1)CCO2)NCc1ccccc1CN1CCCC1=O. The standard InChI is InChI=1S/C24H30N4O2/c1-25-24(26-12-10-18-8-9-22-19(15-18)11-14-30-22)27-16-20-5-2-3-6-21(20)17-28-13-4-7-23(28)29/h2-3,5-6,8-9,15H,4,7,10-14,16-17H2,1H3,(H2,25,26,27). The number of carbonyl (C=O) groups is 1. The molecule has 2 heterocycles. The molecule has 0 bridgehead atoms. The van der Waals surface area contributed by atoms with Crippen molar-refractivity contribution in [3.8, 4) is 5.75 Å². The van der Waals surface area contributed by atoms with Crippen molar-refractivity contribution in [1.29, 1.82) is 0 Å². The van der Waals surface area contributed by atoms with Gasteiger partial charge >= 0.3 is 0 Å². The van der Waals surface area contributed by atoms with Crippen molar-refractivity contribution in [3.05, 3.63) is 64.7 Å². The van der Waals surface area contributed by atoms with Crippen LogP contribution in [0.5, 0.6) is 5.75 Å². The third-order valence-corrected chi connectivity index (χ3v) is 5.78. The van der Waals surface area contributed by atoms with Crippen molar-refractivity contribution in [2.45, 2.75) is 38.8 Å². The summed E-state index contributed by atoms with van der Waals surface area (Å²) in [6, 6.07) is 14.8. The van der Waals surface area contributed by atoms with Crippen molar-refractivity contribution in [2.24, 2.45) is 4.99 Å². The van der Waals surface area contributed by atoms with Crippen LogP contribution in [0.25, 0.3) is 0 Å². The number of hydrogen-bond donors (Lipinski definition) is 2. The highest BCUT2D eigenvalue weighted by molar-refractivity contribution is 5.79. The number of likely N-dealkylation sites (tertiary alicyclic amines) is 1. The molecule has 0 unspecified atom stereocenters. The number of fused-ring (bicyclic) bond motifs is 1. The van der Waals surface area contributed by atoms with Crippen LogP contribution in [0.2, 0.25) is 0 Å². The summed E-state index contributed by atoms with van der Waals surface area (Å²) in [4.78, 5) is 18.3. The minimum Gasteiger partial charge on any atom is -0.493 e. The molecular weight excluding hydrogens is 376 g/mol. The number of carbonyl (C=O) groups excluding carboxylic acids is 1. The molecule has 4 rings (SSSR count). The first-order valence-electron chi connectivity index (χ1n) is 10.8. The molecule has 2 N–H and O–H groups in total. The topological polar surface area (TPSA) is 66.0 Å². The minimum atomic E-state index is 0.258. The summed E-state index contributed by atoms with van der Waals surface area (Å²) in [6.45, 7) is 3.82. The Bertz CT molecular complexity index is 925. The Hall–Kier alpha value is -3.02. The fraction of sp³-hybridized carbons (Fsp3) is 0.417. The molecule has 0 saturated carbocycles. The largest absolute Gasteiger partial charge is 0.493 e. The normalized spacial score (nSPS) is 15.8. The molecule has 2 aliphatic rings. The quantitative estimate of drug-likeness (QED) is 0.548. The van der Waals surface area contributed by atoms with Crippen molar-refractivity contribution in [2.75, 3.05) is 26.7 Å². The van der Waals surface area contributed by atoms with Gasteiger partial charge in [0.2, 0.25) is 5.91 Å². The maximum absolute atomic E-state index is 12.0. The molecule has 30 heavy (non-hydrogen) atoms. The molecule has 1 fully saturated rings. The Morgan fingerprint density at radius 2 is 2.00 bits per heavy atom. The van der Waals surface area contributed by atoms with Crippen LogP contribution in [0.1, 0.15) is 35.1 Å². The lowest BCUT2D eigenvalue weighted by molar-refractivity contribution is -0.128. The van der Waals surface area contributed by atoms with Crippen LogP contribution in [0.15, 0.2) is 47.5 Å². The van der Waals surface area contributed by atoms with Gasteiger partial charge in [0.1, 0.15) is 5.75 Å². The number of hydrogen-bond acceptors (Lipinski definition) is 3. The molecule has 1 amide bonds. The number of nitrogens with one attached hydrogen (secondary N) is 2. The molecule has 0 aromatic heterocycles. The molecule has 0 aliphatic carbocycles. The third-order valence-electron chi connectivity index (χ3n) is 5.78. The molecule has 1 saturated heterocycles. The number of ether oxygens (including phenoxy) is 1. The van der Waals surface area contributed by atoms with E-state index in [2.05, 4.69) is 46.0 Å². The number of guanidine groups is 1. The molecule has 2 aromatic carbocycles. The lowest BCUT2D eigenvalue weighted by atomic mass is 10.1. The van der Waals surface area contributed by atoms with Crippen molar-refractivity contribution >= 4 is 11.9 Å². The maximum Gasteiger partial charge on any atom is 0.222 e. The molecule has 0 radical (unpaired) electrons. The van der Waals surface area contributed by atoms with Crippen LogP contribution < -0.4 is 15.4 Å². The highest BCUT2D eigenvalue weighted by atomic mass is 16.5. The average molecular weight is 407 g/mol. The molecular formula is C24H30N4O2. The fourth-order valence-electron chi connectivity index (χ4n) is 4.08. The second kappa shape index (κ2) is 9.65. The van der Waals surface area contributed by atoms with Gasteiger partial charge in [0, 0.05) is 46.1 Å². The van der Waals surface area contributed by atoms with E-state index in [1.165, 1.54) is 22.3 Å². The van der Waals surface area contributed by atoms with Crippen molar-refractivity contribution in [3.63, 3.8) is 0 Å². The second-order valence-electron chi connectivity index (χ2n) is 7.83. The van der Waals surface area contributed by atoms with E-state index in [-0.39, 0.29) is 5.91 Å². The fourth-order valence-corrected chi connectivity index (χ4v) is 4.08. The number of amides is 1. The number of aliphatic imine (C=N–C) groups is 1. The highest BCUT2D eigenvalue weighted by Gasteiger charge is 2.20. The lowest BCUT2D eigenvalue weighted by Gasteiger charge is -2.19. The van der Waals surface area contributed by atoms with Gasteiger partial charge in [0.05, 0.1) is 6.61 Å². The van der Waals surface area contributed by atoms with Gasteiger partial charge in [0.15, 0.2) is 5.96 Å². The Morgan fingerprint density at radius 1 is 1.13 bits per heavy atom. The monoisotopic (exact) mass is 406 g/mol. The Morgan fingerprint density at radius 3 is 2.80 bits per heavy atom. The zero-order valence-electron chi connectivity index (χ0n) is 17.6. The van der Waals surface area contributed by atoms with Crippen LogP contribution in [-0.2, 0) is 30.7 Å². The van der Waals surface area contributed by atoms with E-state index in [9.17, 15) is 4.79 Å². The third kappa shape index (κ3) is 4.93. The van der Waals surface area contributed by atoms with Crippen LogP contribution in [0.4, 0.5) is 0 Å². The Balaban J connectivity index is 1.28. The predicted molar refractivity (Wildman–Crippen MR) is 119 cm³/mol. The van der Waals surface area contributed by atoms with Gasteiger partial charge < -0.3 is 20.3 Å². The molecule has 158 valence electrons. The van der Waals surface area contributed by atoms with E-state index in [0.29, 0.717) is 19.5 Å². The molecule has 6 heteroatoms. The number of nitrogens with zero attached hydrogens (tertiary/aromatic N) is 2.